The molecule has 0 aliphatic rings. The summed E-state index contributed by atoms with van der Waals surface area (Å²) >= 11 is 9.37. The SMILES string of the molecule is O=C(Nc1cncc(Cl)c1Br)C(c1ccccc1)n1cccn1. The smallest absolute Gasteiger partial charge is 0.253 e. The molecule has 5 nitrogen and oxygen atoms in total. The number of aromatic nitrogens is 3. The molecule has 1 N–H and O–H groups in total. The molecule has 0 saturated heterocycles. The molecule has 0 fully saturated rings. The van der Waals surface area contributed by atoms with E-state index in [9.17, 15) is 4.79 Å². The van der Waals surface area contributed by atoms with Gasteiger partial charge in [-0.2, -0.15) is 5.10 Å². The maximum atomic E-state index is 12.8. The van der Waals surface area contributed by atoms with Gasteiger partial charge >= 0.3 is 0 Å². The number of carbonyl (C=O) groups is 1. The van der Waals surface area contributed by atoms with Crippen LogP contribution in [0.1, 0.15) is 11.6 Å². The number of carbonyl (C=O) groups excluding carboxylic acids is 1. The minimum Gasteiger partial charge on any atom is -0.322 e. The molecule has 23 heavy (non-hydrogen) atoms. The Labute approximate surface area is 146 Å². The summed E-state index contributed by atoms with van der Waals surface area (Å²) in [4.78, 5) is 16.8. The summed E-state index contributed by atoms with van der Waals surface area (Å²) in [7, 11) is 0. The van der Waals surface area contributed by atoms with Crippen LogP contribution in [0, 0.1) is 0 Å². The summed E-state index contributed by atoms with van der Waals surface area (Å²) in [6, 6.07) is 10.6. The molecule has 0 aliphatic heterocycles. The Balaban J connectivity index is 1.94. The van der Waals surface area contributed by atoms with Crippen LogP contribution in [0.25, 0.3) is 0 Å². The van der Waals surface area contributed by atoms with Crippen LogP contribution in [0.4, 0.5) is 5.69 Å². The van der Waals surface area contributed by atoms with E-state index in [1.807, 2.05) is 30.3 Å². The third-order valence-electron chi connectivity index (χ3n) is 3.25. The van der Waals surface area contributed by atoms with Crippen LogP contribution >= 0.6 is 27.5 Å². The van der Waals surface area contributed by atoms with Crippen LogP contribution < -0.4 is 5.32 Å². The summed E-state index contributed by atoms with van der Waals surface area (Å²) in [5, 5.41) is 7.47. The van der Waals surface area contributed by atoms with Crippen LogP contribution in [0.5, 0.6) is 0 Å². The number of amides is 1. The van der Waals surface area contributed by atoms with Crippen LogP contribution in [-0.2, 0) is 4.79 Å². The average Bonchev–Trinajstić information content (AvgIpc) is 3.07. The molecule has 0 spiro atoms. The molecule has 116 valence electrons. The fourth-order valence-corrected chi connectivity index (χ4v) is 2.66. The van der Waals surface area contributed by atoms with Crippen molar-refractivity contribution in [2.75, 3.05) is 5.32 Å². The number of nitrogens with zero attached hydrogens (tertiary/aromatic N) is 3. The lowest BCUT2D eigenvalue weighted by Crippen LogP contribution is -2.27. The maximum Gasteiger partial charge on any atom is 0.253 e. The van der Waals surface area contributed by atoms with E-state index in [2.05, 4.69) is 31.3 Å². The van der Waals surface area contributed by atoms with Gasteiger partial charge in [-0.25, -0.2) is 0 Å². The van der Waals surface area contributed by atoms with Crippen molar-refractivity contribution in [1.29, 1.82) is 0 Å². The van der Waals surface area contributed by atoms with Crippen molar-refractivity contribution in [2.45, 2.75) is 6.04 Å². The zero-order chi connectivity index (χ0) is 16.2. The van der Waals surface area contributed by atoms with Crippen molar-refractivity contribution in [3.8, 4) is 0 Å². The van der Waals surface area contributed by atoms with E-state index in [4.69, 9.17) is 11.6 Å². The van der Waals surface area contributed by atoms with Gasteiger partial charge in [-0.15, -0.1) is 0 Å². The molecule has 1 atom stereocenters. The van der Waals surface area contributed by atoms with Gasteiger partial charge in [0.05, 0.1) is 21.4 Å². The number of anilines is 1. The zero-order valence-corrected chi connectivity index (χ0v) is 14.2. The van der Waals surface area contributed by atoms with Gasteiger partial charge in [0.15, 0.2) is 6.04 Å². The Morgan fingerprint density at radius 2 is 2.00 bits per heavy atom. The predicted molar refractivity (Wildman–Crippen MR) is 92.4 cm³/mol. The van der Waals surface area contributed by atoms with Gasteiger partial charge in [-0.05, 0) is 27.6 Å². The first-order valence-electron chi connectivity index (χ1n) is 6.81. The number of pyridine rings is 1. The second kappa shape index (κ2) is 6.93. The van der Waals surface area contributed by atoms with E-state index < -0.39 is 6.04 Å². The first kappa shape index (κ1) is 15.7. The number of rotatable bonds is 4. The van der Waals surface area contributed by atoms with E-state index >= 15 is 0 Å². The summed E-state index contributed by atoms with van der Waals surface area (Å²) in [5.74, 6) is -0.232. The second-order valence-corrected chi connectivity index (χ2v) is 5.97. The van der Waals surface area contributed by atoms with Gasteiger partial charge < -0.3 is 5.32 Å². The van der Waals surface area contributed by atoms with Crippen LogP contribution in [0.15, 0.2) is 65.7 Å². The van der Waals surface area contributed by atoms with E-state index in [1.54, 1.807) is 29.3 Å². The number of nitrogens with one attached hydrogen (secondary N) is 1. The summed E-state index contributed by atoms with van der Waals surface area (Å²) in [5.41, 5.74) is 1.34. The average molecular weight is 392 g/mol. The third-order valence-corrected chi connectivity index (χ3v) is 4.62. The Morgan fingerprint density at radius 3 is 2.70 bits per heavy atom. The fourth-order valence-electron chi connectivity index (χ4n) is 2.20. The van der Waals surface area contributed by atoms with Crippen molar-refractivity contribution >= 4 is 39.1 Å². The lowest BCUT2D eigenvalue weighted by Gasteiger charge is -2.18. The van der Waals surface area contributed by atoms with Crippen molar-refractivity contribution in [3.05, 3.63) is 76.2 Å². The molecule has 0 radical (unpaired) electrons. The van der Waals surface area contributed by atoms with Gasteiger partial charge in [-0.3, -0.25) is 14.5 Å². The molecular formula is C16H12BrClN4O. The van der Waals surface area contributed by atoms with Crippen LogP contribution in [0.3, 0.4) is 0 Å². The molecule has 0 bridgehead atoms. The summed E-state index contributed by atoms with van der Waals surface area (Å²) < 4.78 is 2.20. The largest absolute Gasteiger partial charge is 0.322 e. The molecule has 0 saturated carbocycles. The molecule has 2 heterocycles. The Bertz CT molecular complexity index is 808. The highest BCUT2D eigenvalue weighted by atomic mass is 79.9. The standard InChI is InChI=1S/C16H12BrClN4O/c17-14-12(18)9-19-10-13(14)21-16(23)15(22-8-4-7-20-22)11-5-2-1-3-6-11/h1-10,15H,(H,21,23). The number of hydrogen-bond acceptors (Lipinski definition) is 3. The molecule has 3 aromatic rings. The normalized spacial score (nSPS) is 11.9. The lowest BCUT2D eigenvalue weighted by molar-refractivity contribution is -0.118. The topological polar surface area (TPSA) is 59.8 Å². The monoisotopic (exact) mass is 390 g/mol. The highest BCUT2D eigenvalue weighted by Gasteiger charge is 2.23. The molecule has 7 heteroatoms. The highest BCUT2D eigenvalue weighted by molar-refractivity contribution is 9.10. The maximum absolute atomic E-state index is 12.8. The van der Waals surface area contributed by atoms with Gasteiger partial charge in [0, 0.05) is 18.6 Å². The van der Waals surface area contributed by atoms with Gasteiger partial charge in [-0.1, -0.05) is 41.9 Å². The second-order valence-electron chi connectivity index (χ2n) is 4.77. The highest BCUT2D eigenvalue weighted by Crippen LogP contribution is 2.30. The zero-order valence-electron chi connectivity index (χ0n) is 11.9. The van der Waals surface area contributed by atoms with Gasteiger partial charge in [0.2, 0.25) is 0 Å². The van der Waals surface area contributed by atoms with Crippen LogP contribution in [0.2, 0.25) is 5.02 Å². The molecular weight excluding hydrogens is 380 g/mol. The molecule has 1 amide bonds. The first-order chi connectivity index (χ1) is 11.2. The molecule has 3 rings (SSSR count). The summed E-state index contributed by atoms with van der Waals surface area (Å²) in [6.45, 7) is 0. The first-order valence-corrected chi connectivity index (χ1v) is 7.98. The van der Waals surface area contributed by atoms with Crippen molar-refractivity contribution in [3.63, 3.8) is 0 Å². The predicted octanol–water partition coefficient (Wildman–Crippen LogP) is 3.92. The number of benzene rings is 1. The number of halogens is 2. The minimum absolute atomic E-state index is 0.232. The van der Waals surface area contributed by atoms with Gasteiger partial charge in [0.25, 0.3) is 5.91 Å². The fraction of sp³-hybridized carbons (Fsp3) is 0.0625. The summed E-state index contributed by atoms with van der Waals surface area (Å²) in [6.07, 6.45) is 6.44. The van der Waals surface area contributed by atoms with Crippen molar-refractivity contribution < 1.29 is 4.79 Å². The van der Waals surface area contributed by atoms with E-state index in [1.165, 1.54) is 6.20 Å². The van der Waals surface area contributed by atoms with Crippen LogP contribution in [-0.4, -0.2) is 20.7 Å². The van der Waals surface area contributed by atoms with Gasteiger partial charge in [0.1, 0.15) is 0 Å². The van der Waals surface area contributed by atoms with E-state index in [-0.39, 0.29) is 5.91 Å². The van der Waals surface area contributed by atoms with Crippen molar-refractivity contribution in [1.82, 2.24) is 14.8 Å². The van der Waals surface area contributed by atoms with E-state index in [0.717, 1.165) is 5.56 Å². The number of hydrogen-bond donors (Lipinski definition) is 1. The quantitative estimate of drug-likeness (QED) is 0.733. The lowest BCUT2D eigenvalue weighted by atomic mass is 10.1. The Hall–Kier alpha value is -2.18. The molecule has 1 aromatic carbocycles. The molecule has 0 aliphatic carbocycles. The van der Waals surface area contributed by atoms with Crippen molar-refractivity contribution in [2.24, 2.45) is 0 Å². The third kappa shape index (κ3) is 3.43. The molecule has 2 aromatic heterocycles. The minimum atomic E-state index is -0.586. The Kier molecular flexibility index (Phi) is 4.73. The molecule has 1 unspecified atom stereocenters. The Morgan fingerprint density at radius 1 is 1.22 bits per heavy atom. The van der Waals surface area contributed by atoms with E-state index in [0.29, 0.717) is 15.2 Å².